The second-order valence-electron chi connectivity index (χ2n) is 8.33. The van der Waals surface area contributed by atoms with Crippen molar-refractivity contribution in [3.05, 3.63) is 90.1 Å². The fourth-order valence-corrected chi connectivity index (χ4v) is 3.59. The number of methoxy groups -OCH3 is 1. The topological polar surface area (TPSA) is 81.4 Å². The van der Waals surface area contributed by atoms with E-state index in [9.17, 15) is 4.79 Å². The lowest BCUT2D eigenvalue weighted by molar-refractivity contribution is -0.118. The van der Waals surface area contributed by atoms with E-state index in [-0.39, 0.29) is 12.3 Å². The molecule has 34 heavy (non-hydrogen) atoms. The summed E-state index contributed by atoms with van der Waals surface area (Å²) in [5.74, 6) is 2.06. The van der Waals surface area contributed by atoms with Crippen molar-refractivity contribution in [2.45, 2.75) is 39.2 Å². The first-order chi connectivity index (χ1) is 16.5. The Labute approximate surface area is 199 Å². The highest BCUT2D eigenvalue weighted by Crippen LogP contribution is 2.24. The number of hydrogen-bond acceptors (Lipinski definition) is 6. The maximum absolute atomic E-state index is 13.3. The summed E-state index contributed by atoms with van der Waals surface area (Å²) in [6.07, 6.45) is 3.96. The zero-order valence-electron chi connectivity index (χ0n) is 19.6. The van der Waals surface area contributed by atoms with Crippen LogP contribution >= 0.6 is 0 Å². The minimum atomic E-state index is -0.0285. The number of aryl methyl sites for hydroxylation is 1. The molecule has 7 heteroatoms. The van der Waals surface area contributed by atoms with Crippen molar-refractivity contribution in [2.24, 2.45) is 0 Å². The Morgan fingerprint density at radius 3 is 2.47 bits per heavy atom. The van der Waals surface area contributed by atoms with E-state index in [1.807, 2.05) is 36.4 Å². The predicted molar refractivity (Wildman–Crippen MR) is 131 cm³/mol. The van der Waals surface area contributed by atoms with Crippen LogP contribution in [0, 0.1) is 0 Å². The van der Waals surface area contributed by atoms with Gasteiger partial charge in [0, 0.05) is 36.5 Å². The third-order valence-electron chi connectivity index (χ3n) is 5.61. The van der Waals surface area contributed by atoms with Gasteiger partial charge in [-0.1, -0.05) is 43.3 Å². The van der Waals surface area contributed by atoms with Crippen molar-refractivity contribution >= 4 is 11.6 Å². The molecule has 0 atom stereocenters. The number of anilines is 1. The monoisotopic (exact) mass is 456 g/mol. The summed E-state index contributed by atoms with van der Waals surface area (Å²) in [7, 11) is 1.62. The van der Waals surface area contributed by atoms with Crippen molar-refractivity contribution in [2.75, 3.05) is 12.0 Å². The van der Waals surface area contributed by atoms with Crippen LogP contribution < -0.4 is 9.64 Å². The molecule has 0 spiro atoms. The Morgan fingerprint density at radius 2 is 1.82 bits per heavy atom. The van der Waals surface area contributed by atoms with Gasteiger partial charge in [-0.25, -0.2) is 0 Å². The molecule has 0 fully saturated rings. The zero-order chi connectivity index (χ0) is 23.9. The van der Waals surface area contributed by atoms with E-state index in [0.29, 0.717) is 30.6 Å². The molecule has 0 aliphatic carbocycles. The number of hydrogen-bond donors (Lipinski definition) is 0. The van der Waals surface area contributed by atoms with E-state index in [4.69, 9.17) is 9.26 Å². The molecule has 4 rings (SSSR count). The SMILES string of the molecule is COc1ccc(N(Cc2ccc(C(C)C)cc2)C(=O)CCc2nc(-c3cccnc3)no2)cc1. The first-order valence-electron chi connectivity index (χ1n) is 11.3. The van der Waals surface area contributed by atoms with Crippen LogP contribution in [0.1, 0.15) is 43.2 Å². The number of ether oxygens (including phenoxy) is 1. The van der Waals surface area contributed by atoms with Gasteiger partial charge in [0.05, 0.1) is 13.7 Å². The van der Waals surface area contributed by atoms with Crippen molar-refractivity contribution < 1.29 is 14.1 Å². The van der Waals surface area contributed by atoms with Gasteiger partial charge >= 0.3 is 0 Å². The predicted octanol–water partition coefficient (Wildman–Crippen LogP) is 5.43. The molecular formula is C27H28N4O3. The number of aromatic nitrogens is 3. The van der Waals surface area contributed by atoms with Crippen LogP contribution in [0.4, 0.5) is 5.69 Å². The van der Waals surface area contributed by atoms with Gasteiger partial charge in [-0.2, -0.15) is 4.98 Å². The largest absolute Gasteiger partial charge is 0.497 e. The standard InChI is InChI=1S/C27H28N4O3/c1-19(2)21-8-6-20(7-9-21)18-31(23-10-12-24(33-3)13-11-23)26(32)15-14-25-29-27(30-34-25)22-5-4-16-28-17-22/h4-13,16-17,19H,14-15,18H2,1-3H3. The van der Waals surface area contributed by atoms with Crippen LogP contribution in [-0.2, 0) is 17.8 Å². The third-order valence-corrected chi connectivity index (χ3v) is 5.61. The summed E-state index contributed by atoms with van der Waals surface area (Å²) in [5.41, 5.74) is 3.91. The molecule has 1 amide bonds. The second kappa shape index (κ2) is 10.7. The Morgan fingerprint density at radius 1 is 1.06 bits per heavy atom. The van der Waals surface area contributed by atoms with Gasteiger partial charge in [-0.3, -0.25) is 9.78 Å². The van der Waals surface area contributed by atoms with Gasteiger partial charge in [-0.05, 0) is 53.4 Å². The minimum absolute atomic E-state index is 0.0285. The fraction of sp³-hybridized carbons (Fsp3) is 0.259. The molecule has 2 aromatic carbocycles. The van der Waals surface area contributed by atoms with Crippen molar-refractivity contribution in [3.63, 3.8) is 0 Å². The molecule has 174 valence electrons. The van der Waals surface area contributed by atoms with Gasteiger partial charge in [0.15, 0.2) is 0 Å². The van der Waals surface area contributed by atoms with Crippen molar-refractivity contribution in [3.8, 4) is 17.1 Å². The molecule has 0 radical (unpaired) electrons. The smallest absolute Gasteiger partial charge is 0.227 e. The van der Waals surface area contributed by atoms with E-state index in [0.717, 1.165) is 22.6 Å². The normalized spacial score (nSPS) is 10.9. The number of carbonyl (C=O) groups is 1. The van der Waals surface area contributed by atoms with Crippen LogP contribution in [0.3, 0.4) is 0 Å². The minimum Gasteiger partial charge on any atom is -0.497 e. The summed E-state index contributed by atoms with van der Waals surface area (Å²) in [6.45, 7) is 4.80. The van der Waals surface area contributed by atoms with Gasteiger partial charge in [-0.15, -0.1) is 0 Å². The average molecular weight is 457 g/mol. The summed E-state index contributed by atoms with van der Waals surface area (Å²) in [6, 6.07) is 19.6. The Bertz CT molecular complexity index is 1200. The highest BCUT2D eigenvalue weighted by atomic mass is 16.5. The van der Waals surface area contributed by atoms with Crippen LogP contribution in [0.5, 0.6) is 5.75 Å². The second-order valence-corrected chi connectivity index (χ2v) is 8.33. The molecule has 7 nitrogen and oxygen atoms in total. The third kappa shape index (κ3) is 5.67. The number of pyridine rings is 1. The summed E-state index contributed by atoms with van der Waals surface area (Å²) in [5, 5.41) is 4.01. The molecule has 2 aromatic heterocycles. The number of benzene rings is 2. The number of nitrogens with zero attached hydrogens (tertiary/aromatic N) is 4. The summed E-state index contributed by atoms with van der Waals surface area (Å²) >= 11 is 0. The quantitative estimate of drug-likeness (QED) is 0.334. The van der Waals surface area contributed by atoms with Crippen LogP contribution in [0.15, 0.2) is 77.6 Å². The molecule has 0 N–H and O–H groups in total. The van der Waals surface area contributed by atoms with Crippen molar-refractivity contribution in [1.82, 2.24) is 15.1 Å². The van der Waals surface area contributed by atoms with Crippen molar-refractivity contribution in [1.29, 1.82) is 0 Å². The van der Waals surface area contributed by atoms with E-state index in [1.54, 1.807) is 24.4 Å². The van der Waals surface area contributed by atoms with Gasteiger partial charge in [0.1, 0.15) is 5.75 Å². The van der Waals surface area contributed by atoms with Gasteiger partial charge in [0.25, 0.3) is 0 Å². The van der Waals surface area contributed by atoms with Crippen LogP contribution in [0.25, 0.3) is 11.4 Å². The fourth-order valence-electron chi connectivity index (χ4n) is 3.59. The molecule has 2 heterocycles. The summed E-state index contributed by atoms with van der Waals surface area (Å²) < 4.78 is 10.6. The maximum atomic E-state index is 13.3. The molecule has 4 aromatic rings. The molecular weight excluding hydrogens is 428 g/mol. The lowest BCUT2D eigenvalue weighted by atomic mass is 10.0. The van der Waals surface area contributed by atoms with E-state index < -0.39 is 0 Å². The molecule has 0 saturated heterocycles. The van der Waals surface area contributed by atoms with Gasteiger partial charge in [0.2, 0.25) is 17.6 Å². The first kappa shape index (κ1) is 23.2. The first-order valence-corrected chi connectivity index (χ1v) is 11.3. The molecule has 0 bridgehead atoms. The highest BCUT2D eigenvalue weighted by molar-refractivity contribution is 5.93. The summed E-state index contributed by atoms with van der Waals surface area (Å²) in [4.78, 5) is 23.6. The number of amides is 1. The van der Waals surface area contributed by atoms with E-state index in [1.165, 1.54) is 5.56 Å². The molecule has 0 saturated carbocycles. The molecule has 0 aliphatic heterocycles. The number of rotatable bonds is 9. The van der Waals surface area contributed by atoms with E-state index >= 15 is 0 Å². The van der Waals surface area contributed by atoms with Gasteiger partial charge < -0.3 is 14.2 Å². The lowest BCUT2D eigenvalue weighted by Gasteiger charge is -2.23. The Hall–Kier alpha value is -4.00. The lowest BCUT2D eigenvalue weighted by Crippen LogP contribution is -2.30. The van der Waals surface area contributed by atoms with E-state index in [2.05, 4.69) is 53.2 Å². The number of carbonyl (C=O) groups excluding carboxylic acids is 1. The molecule has 0 unspecified atom stereocenters. The van der Waals surface area contributed by atoms with Crippen LogP contribution in [-0.4, -0.2) is 28.1 Å². The maximum Gasteiger partial charge on any atom is 0.227 e. The zero-order valence-corrected chi connectivity index (χ0v) is 19.6. The Kier molecular flexibility index (Phi) is 7.32. The van der Waals surface area contributed by atoms with Crippen LogP contribution in [0.2, 0.25) is 0 Å². The Balaban J connectivity index is 1.49. The highest BCUT2D eigenvalue weighted by Gasteiger charge is 2.19. The molecule has 0 aliphatic rings. The average Bonchev–Trinajstić information content (AvgIpc) is 3.36.